The molecule has 14 nitrogen and oxygen atoms in total. The lowest BCUT2D eigenvalue weighted by Gasteiger charge is -2.32. The highest BCUT2D eigenvalue weighted by Crippen LogP contribution is 2.26. The zero-order chi connectivity index (χ0) is 40.6. The monoisotopic (exact) mass is 782 g/mol. The summed E-state index contributed by atoms with van der Waals surface area (Å²) in [5.74, 6) is -3.18. The molecule has 2 aliphatic heterocycles. The minimum Gasteiger partial charge on any atom is -0.361 e. The second kappa shape index (κ2) is 19.7. The zero-order valence-electron chi connectivity index (χ0n) is 33.7. The van der Waals surface area contributed by atoms with Crippen LogP contribution in [-0.4, -0.2) is 93.8 Å². The zero-order valence-corrected chi connectivity index (χ0v) is 34.5. The summed E-state index contributed by atoms with van der Waals surface area (Å²) < 4.78 is 0. The molecule has 8 atom stereocenters. The topological polar surface area (TPSA) is 202 Å². The van der Waals surface area contributed by atoms with E-state index in [0.29, 0.717) is 18.6 Å². The Kier molecular flexibility index (Phi) is 15.6. The first-order chi connectivity index (χ1) is 26.0. The van der Waals surface area contributed by atoms with Gasteiger partial charge < -0.3 is 36.9 Å². The van der Waals surface area contributed by atoms with E-state index in [0.717, 1.165) is 16.5 Å². The molecule has 304 valence electrons. The number of nitrogens with one attached hydrogen (secondary N) is 8. The first-order valence-electron chi connectivity index (χ1n) is 19.7. The second-order valence-corrected chi connectivity index (χ2v) is 17.6. The number of para-hydroxylation sites is 1. The largest absolute Gasteiger partial charge is 0.361 e. The van der Waals surface area contributed by atoms with Crippen LogP contribution in [0.4, 0.5) is 0 Å². The van der Waals surface area contributed by atoms with E-state index >= 15 is 0 Å². The standard InChI is InChI=1S/C40H62N8O6S/c1-10-13-27-34(49)44-29(17-24-18-41-26-15-12-11-14-25(24)26)35(50)43-28(16-20(2)3)36(51)46-31(21(4)5)38(53)47-32(22(6)7)39(54)48-33(23(8)9)40-45-30(19-55-40)37(52)42-27/h11-12,14-15,18,20-23,27-33,40-41,45H,10,13,16-17,19H2,1-9H3,(H,42,52)(H,43,50)(H,44,49)(H,46,51)(H,47,53)(H,48,54)/t27-,28-,29+,30+,31+,32-,33+,40?/m1/s1. The molecule has 2 bridgehead atoms. The third kappa shape index (κ3) is 11.5. The Morgan fingerprint density at radius 1 is 0.655 bits per heavy atom. The Morgan fingerprint density at radius 3 is 1.84 bits per heavy atom. The molecule has 2 aromatic rings. The maximum atomic E-state index is 14.3. The van der Waals surface area contributed by atoms with Crippen molar-refractivity contribution in [2.24, 2.45) is 23.7 Å². The minimum atomic E-state index is -1.11. The van der Waals surface area contributed by atoms with Crippen molar-refractivity contribution in [2.75, 3.05) is 5.75 Å². The maximum Gasteiger partial charge on any atom is 0.243 e. The van der Waals surface area contributed by atoms with Gasteiger partial charge in [-0.3, -0.25) is 34.1 Å². The van der Waals surface area contributed by atoms with Crippen LogP contribution >= 0.6 is 11.8 Å². The number of rotatable bonds is 9. The Labute approximate surface area is 329 Å². The van der Waals surface area contributed by atoms with Crippen molar-refractivity contribution in [3.05, 3.63) is 36.0 Å². The second-order valence-electron chi connectivity index (χ2n) is 16.4. The van der Waals surface area contributed by atoms with E-state index in [2.05, 4.69) is 42.2 Å². The van der Waals surface area contributed by atoms with Gasteiger partial charge in [-0.25, -0.2) is 0 Å². The molecular formula is C40H62N8O6S. The number of amides is 6. The number of thioether (sulfide) groups is 1. The smallest absolute Gasteiger partial charge is 0.243 e. The normalized spacial score (nSPS) is 28.1. The van der Waals surface area contributed by atoms with Crippen molar-refractivity contribution in [2.45, 2.75) is 136 Å². The molecule has 0 spiro atoms. The maximum absolute atomic E-state index is 14.3. The highest BCUT2D eigenvalue weighted by Gasteiger charge is 2.40. The van der Waals surface area contributed by atoms with Crippen molar-refractivity contribution in [3.63, 3.8) is 0 Å². The van der Waals surface area contributed by atoms with Gasteiger partial charge in [-0.05, 0) is 48.1 Å². The molecule has 0 saturated carbocycles. The number of carbonyl (C=O) groups excluding carboxylic acids is 6. The molecule has 0 aliphatic carbocycles. The van der Waals surface area contributed by atoms with Crippen LogP contribution in [0.2, 0.25) is 0 Å². The minimum absolute atomic E-state index is 0.0207. The van der Waals surface area contributed by atoms with Crippen LogP contribution in [0.15, 0.2) is 30.5 Å². The molecule has 55 heavy (non-hydrogen) atoms. The first-order valence-corrected chi connectivity index (χ1v) is 20.8. The van der Waals surface area contributed by atoms with Gasteiger partial charge in [0.2, 0.25) is 35.4 Å². The lowest BCUT2D eigenvalue weighted by Crippen LogP contribution is -2.61. The van der Waals surface area contributed by atoms with Crippen LogP contribution in [0.25, 0.3) is 10.9 Å². The Balaban J connectivity index is 1.75. The lowest BCUT2D eigenvalue weighted by molar-refractivity contribution is -0.136. The van der Waals surface area contributed by atoms with Gasteiger partial charge in [-0.2, -0.15) is 0 Å². The first kappa shape index (κ1) is 43.6. The van der Waals surface area contributed by atoms with Crippen LogP contribution in [0, 0.1) is 23.7 Å². The van der Waals surface area contributed by atoms with Crippen molar-refractivity contribution in [1.29, 1.82) is 0 Å². The number of carbonyl (C=O) groups is 6. The van der Waals surface area contributed by atoms with E-state index in [4.69, 9.17) is 0 Å². The van der Waals surface area contributed by atoms with E-state index < -0.39 is 65.9 Å². The molecule has 3 heterocycles. The molecule has 8 N–H and O–H groups in total. The summed E-state index contributed by atoms with van der Waals surface area (Å²) in [5, 5.41) is 21.6. The summed E-state index contributed by atoms with van der Waals surface area (Å²) in [5.41, 5.74) is 1.66. The lowest BCUT2D eigenvalue weighted by atomic mass is 9.97. The summed E-state index contributed by atoms with van der Waals surface area (Å²) in [7, 11) is 0. The van der Waals surface area contributed by atoms with Crippen LogP contribution in [0.3, 0.4) is 0 Å². The molecule has 1 aromatic heterocycles. The van der Waals surface area contributed by atoms with Gasteiger partial charge in [0.15, 0.2) is 0 Å². The third-order valence-corrected chi connectivity index (χ3v) is 11.6. The number of hydrogen-bond donors (Lipinski definition) is 8. The average Bonchev–Trinajstić information content (AvgIpc) is 3.77. The van der Waals surface area contributed by atoms with Gasteiger partial charge in [0, 0.05) is 29.3 Å². The number of H-pyrrole nitrogens is 1. The number of aromatic nitrogens is 1. The average molecular weight is 783 g/mol. The van der Waals surface area contributed by atoms with Crippen molar-refractivity contribution in [1.82, 2.24) is 42.2 Å². The summed E-state index contributed by atoms with van der Waals surface area (Å²) in [6.07, 6.45) is 3.09. The van der Waals surface area contributed by atoms with E-state index in [1.807, 2.05) is 72.7 Å². The van der Waals surface area contributed by atoms with Gasteiger partial charge in [0.05, 0.1) is 17.5 Å². The predicted octanol–water partition coefficient (Wildman–Crippen LogP) is 2.48. The highest BCUT2D eigenvalue weighted by atomic mass is 32.2. The molecule has 15 heteroatoms. The van der Waals surface area contributed by atoms with Crippen LogP contribution < -0.4 is 37.2 Å². The summed E-state index contributed by atoms with van der Waals surface area (Å²) in [4.78, 5) is 87.1. The molecule has 4 rings (SSSR count). The van der Waals surface area contributed by atoms with E-state index in [9.17, 15) is 28.8 Å². The van der Waals surface area contributed by atoms with E-state index in [1.54, 1.807) is 20.0 Å². The SMILES string of the molecule is CCC[C@H]1NC(=O)[C@@H]2CSC(N2)[C@H](C(C)C)NC(=O)[C@@H](C(C)C)NC(=O)[C@H](C(C)C)NC(=O)[C@@H](CC(C)C)NC(=O)[C@H](Cc2c[nH]c3ccccc23)NC1=O. The molecule has 2 aliphatic rings. The molecule has 2 fully saturated rings. The summed E-state index contributed by atoms with van der Waals surface area (Å²) >= 11 is 1.51. The Morgan fingerprint density at radius 2 is 1.22 bits per heavy atom. The quantitative estimate of drug-likeness (QED) is 0.190. The van der Waals surface area contributed by atoms with Crippen molar-refractivity contribution >= 4 is 58.1 Å². The van der Waals surface area contributed by atoms with Gasteiger partial charge in [0.1, 0.15) is 30.2 Å². The molecule has 6 amide bonds. The fraction of sp³-hybridized carbons (Fsp3) is 0.650. The van der Waals surface area contributed by atoms with Crippen molar-refractivity contribution < 1.29 is 28.8 Å². The number of benzene rings is 1. The fourth-order valence-corrected chi connectivity index (χ4v) is 8.57. The van der Waals surface area contributed by atoms with Gasteiger partial charge in [-0.1, -0.05) is 86.9 Å². The molecular weight excluding hydrogens is 721 g/mol. The van der Waals surface area contributed by atoms with Crippen molar-refractivity contribution in [3.8, 4) is 0 Å². The van der Waals surface area contributed by atoms with E-state index in [-0.39, 0.29) is 53.7 Å². The molecule has 0 radical (unpaired) electrons. The highest BCUT2D eigenvalue weighted by molar-refractivity contribution is 8.00. The number of aromatic amines is 1. The summed E-state index contributed by atoms with van der Waals surface area (Å²) in [6, 6.07) is 1.62. The Bertz CT molecular complexity index is 1680. The van der Waals surface area contributed by atoms with Gasteiger partial charge in [-0.15, -0.1) is 11.8 Å². The van der Waals surface area contributed by atoms with Crippen LogP contribution in [-0.2, 0) is 35.2 Å². The van der Waals surface area contributed by atoms with Gasteiger partial charge in [0.25, 0.3) is 0 Å². The number of hydrogen-bond acceptors (Lipinski definition) is 8. The predicted molar refractivity (Wildman–Crippen MR) is 216 cm³/mol. The fourth-order valence-electron chi connectivity index (χ4n) is 7.07. The molecule has 2 saturated heterocycles. The van der Waals surface area contributed by atoms with Gasteiger partial charge >= 0.3 is 0 Å². The molecule has 1 aromatic carbocycles. The Hall–Kier alpha value is -4.11. The van der Waals surface area contributed by atoms with E-state index in [1.165, 1.54) is 11.8 Å². The third-order valence-electron chi connectivity index (χ3n) is 10.3. The molecule has 1 unspecified atom stereocenters. The number of fused-ring (bicyclic) bond motifs is 3. The van der Waals surface area contributed by atoms with Crippen LogP contribution in [0.1, 0.15) is 87.1 Å². The van der Waals surface area contributed by atoms with Crippen LogP contribution in [0.5, 0.6) is 0 Å². The summed E-state index contributed by atoms with van der Waals surface area (Å²) in [6.45, 7) is 17.0.